The lowest BCUT2D eigenvalue weighted by Crippen LogP contribution is -2.44. The molecule has 1 saturated carbocycles. The molecule has 3 atom stereocenters. The van der Waals surface area contributed by atoms with Crippen LogP contribution in [0.3, 0.4) is 0 Å². The number of carboxylic acid groups (broad SMARTS) is 1. The largest absolute Gasteiger partial charge is 0.481 e. The number of piperazine rings is 1. The Morgan fingerprint density at radius 2 is 1.68 bits per heavy atom. The molecule has 1 aliphatic heterocycles. The number of halogens is 4. The second kappa shape index (κ2) is 13.6. The first-order chi connectivity index (χ1) is 23.6. The minimum Gasteiger partial charge on any atom is -0.481 e. The molecule has 2 aliphatic rings. The number of nitrogens with one attached hydrogen (secondary N) is 1. The Kier molecular flexibility index (Phi) is 9.57. The molecule has 0 spiro atoms. The van der Waals surface area contributed by atoms with E-state index in [0.29, 0.717) is 59.9 Å². The number of furan rings is 1. The summed E-state index contributed by atoms with van der Waals surface area (Å²) in [6, 6.07) is 13.0. The number of carbonyl (C=O) groups is 2. The summed E-state index contributed by atoms with van der Waals surface area (Å²) >= 11 is 0. The van der Waals surface area contributed by atoms with Gasteiger partial charge in [-0.25, -0.2) is 12.8 Å². The van der Waals surface area contributed by atoms with E-state index >= 15 is 0 Å². The van der Waals surface area contributed by atoms with E-state index in [9.17, 15) is 40.7 Å². The summed E-state index contributed by atoms with van der Waals surface area (Å²) in [5.74, 6) is -6.31. The number of hydrogen-bond acceptors (Lipinski definition) is 7. The zero-order valence-electron chi connectivity index (χ0n) is 27.3. The zero-order valence-corrected chi connectivity index (χ0v) is 28.1. The van der Waals surface area contributed by atoms with Gasteiger partial charge in [0.2, 0.25) is 5.91 Å². The number of alkyl halides is 3. The molecule has 0 radical (unpaired) electrons. The fourth-order valence-electron chi connectivity index (χ4n) is 6.92. The molecule has 4 aromatic rings. The number of aliphatic carboxylic acids is 1. The van der Waals surface area contributed by atoms with E-state index in [-0.39, 0.29) is 17.4 Å². The van der Waals surface area contributed by atoms with Crippen molar-refractivity contribution in [3.63, 3.8) is 0 Å². The van der Waals surface area contributed by atoms with Crippen molar-refractivity contribution in [2.45, 2.75) is 36.3 Å². The first kappa shape index (κ1) is 35.2. The van der Waals surface area contributed by atoms with Crippen LogP contribution in [-0.2, 0) is 25.8 Å². The molecule has 2 fully saturated rings. The number of sulfonamides is 1. The maximum absolute atomic E-state index is 14.5. The lowest BCUT2D eigenvalue weighted by Gasteiger charge is -2.35. The lowest BCUT2D eigenvalue weighted by molar-refractivity contribution is -0.148. The number of likely N-dealkylation sites (N-methyl/N-ethyl adjacent to an activating group) is 1. The van der Waals surface area contributed by atoms with Crippen LogP contribution in [0, 0.1) is 17.7 Å². The van der Waals surface area contributed by atoms with E-state index in [0.717, 1.165) is 23.5 Å². The minimum atomic E-state index is -4.77. The van der Waals surface area contributed by atoms with Crippen LogP contribution in [0.15, 0.2) is 76.2 Å². The molecule has 1 amide bonds. The van der Waals surface area contributed by atoms with Crippen LogP contribution in [0.2, 0.25) is 0 Å². The third-order valence-corrected chi connectivity index (χ3v) is 11.5. The Morgan fingerprint density at radius 1 is 0.980 bits per heavy atom. The summed E-state index contributed by atoms with van der Waals surface area (Å²) in [5.41, 5.74) is 0.507. The molecular formula is C35H36F4N4O6S. The molecule has 1 aliphatic carbocycles. The van der Waals surface area contributed by atoms with Gasteiger partial charge in [-0.15, -0.1) is 0 Å². The standard InChI is InChI=1S/C35H36F4N4O6S/c1-41-13-15-43(16-14-41)30-20-25(18-22-12-17-49-32(22)30)50(47,48)42(2)24-9-6-21(7-10-24)26-4-3-5-27(31(26)34(45)46)33(44)40-29-11-8-23(19-28(29)36)35(37,38)39/h6-12,17-20,26-27,31H,3-5,13-16H2,1-2H3,(H,40,44)(H,45,46)/t26-,27-,31-/m1/s1. The Bertz CT molecular complexity index is 2010. The van der Waals surface area contributed by atoms with Crippen molar-refractivity contribution in [2.24, 2.45) is 11.8 Å². The van der Waals surface area contributed by atoms with E-state index in [1.54, 1.807) is 42.5 Å². The van der Waals surface area contributed by atoms with Gasteiger partial charge in [0.1, 0.15) is 5.82 Å². The lowest BCUT2D eigenvalue weighted by atomic mass is 9.69. The van der Waals surface area contributed by atoms with Crippen LogP contribution in [0.4, 0.5) is 34.6 Å². The molecule has 15 heteroatoms. The van der Waals surface area contributed by atoms with Crippen molar-refractivity contribution < 1.29 is 45.1 Å². The highest BCUT2D eigenvalue weighted by molar-refractivity contribution is 7.92. The monoisotopic (exact) mass is 716 g/mol. The van der Waals surface area contributed by atoms with Gasteiger partial charge in [-0.2, -0.15) is 13.2 Å². The molecule has 50 heavy (non-hydrogen) atoms. The van der Waals surface area contributed by atoms with Crippen molar-refractivity contribution >= 4 is 49.9 Å². The van der Waals surface area contributed by atoms with E-state index in [4.69, 9.17) is 4.42 Å². The van der Waals surface area contributed by atoms with E-state index < -0.39 is 62.9 Å². The van der Waals surface area contributed by atoms with Crippen molar-refractivity contribution in [3.05, 3.63) is 83.9 Å². The van der Waals surface area contributed by atoms with Crippen LogP contribution < -0.4 is 14.5 Å². The number of benzene rings is 3. The van der Waals surface area contributed by atoms with Crippen molar-refractivity contribution in [3.8, 4) is 0 Å². The Labute approximate surface area is 286 Å². The topological polar surface area (TPSA) is 123 Å². The predicted octanol–water partition coefficient (Wildman–Crippen LogP) is 6.39. The van der Waals surface area contributed by atoms with E-state index in [1.165, 1.54) is 13.3 Å². The van der Waals surface area contributed by atoms with Gasteiger partial charge >= 0.3 is 12.1 Å². The fourth-order valence-corrected chi connectivity index (χ4v) is 8.18. The van der Waals surface area contributed by atoms with E-state index in [2.05, 4.69) is 15.1 Å². The second-order valence-corrected chi connectivity index (χ2v) is 14.8. The third kappa shape index (κ3) is 6.88. The van der Waals surface area contributed by atoms with Crippen molar-refractivity contribution in [1.82, 2.24) is 4.90 Å². The molecule has 2 heterocycles. The predicted molar refractivity (Wildman–Crippen MR) is 179 cm³/mol. The molecule has 0 bridgehead atoms. The molecule has 0 unspecified atom stereocenters. The maximum Gasteiger partial charge on any atom is 0.416 e. The average molecular weight is 717 g/mol. The molecule has 6 rings (SSSR count). The molecule has 1 aromatic heterocycles. The third-order valence-electron chi connectivity index (χ3n) is 9.77. The quantitative estimate of drug-likeness (QED) is 0.201. The van der Waals surface area contributed by atoms with Gasteiger partial charge in [-0.05, 0) is 79.9 Å². The minimum absolute atomic E-state index is 0.0865. The van der Waals surface area contributed by atoms with Crippen molar-refractivity contribution in [1.29, 1.82) is 0 Å². The zero-order chi connectivity index (χ0) is 36.0. The summed E-state index contributed by atoms with van der Waals surface area (Å²) in [6.07, 6.45) is -2.18. The Hall–Kier alpha value is -4.63. The highest BCUT2D eigenvalue weighted by Crippen LogP contribution is 2.43. The number of carboxylic acids is 1. The van der Waals surface area contributed by atoms with Gasteiger partial charge in [-0.1, -0.05) is 18.6 Å². The van der Waals surface area contributed by atoms with Gasteiger partial charge < -0.3 is 24.6 Å². The summed E-state index contributed by atoms with van der Waals surface area (Å²) in [7, 11) is -0.585. The fraction of sp³-hybridized carbons (Fsp3) is 0.371. The molecular weight excluding hydrogens is 680 g/mol. The number of hydrogen-bond donors (Lipinski definition) is 2. The van der Waals surface area contributed by atoms with Gasteiger partial charge in [0, 0.05) is 38.6 Å². The van der Waals surface area contributed by atoms with Crippen LogP contribution in [-0.4, -0.2) is 70.6 Å². The highest BCUT2D eigenvalue weighted by Gasteiger charge is 2.43. The molecule has 1 saturated heterocycles. The Morgan fingerprint density at radius 3 is 2.32 bits per heavy atom. The summed E-state index contributed by atoms with van der Waals surface area (Å²) in [4.78, 5) is 30.2. The summed E-state index contributed by atoms with van der Waals surface area (Å²) in [6.45, 7) is 3.05. The maximum atomic E-state index is 14.5. The normalized spacial score (nSPS) is 20.5. The average Bonchev–Trinajstić information content (AvgIpc) is 3.57. The number of fused-ring (bicyclic) bond motifs is 1. The number of amides is 1. The smallest absolute Gasteiger partial charge is 0.416 e. The number of anilines is 3. The summed E-state index contributed by atoms with van der Waals surface area (Å²) in [5, 5.41) is 13.2. The van der Waals surface area contributed by atoms with Crippen LogP contribution in [0.25, 0.3) is 11.0 Å². The van der Waals surface area contributed by atoms with Gasteiger partial charge in [0.15, 0.2) is 5.58 Å². The number of nitrogens with zero attached hydrogens (tertiary/aromatic N) is 3. The first-order valence-electron chi connectivity index (χ1n) is 16.1. The molecule has 3 aromatic carbocycles. The highest BCUT2D eigenvalue weighted by atomic mass is 32.2. The van der Waals surface area contributed by atoms with Gasteiger partial charge in [0.25, 0.3) is 10.0 Å². The molecule has 2 N–H and O–H groups in total. The van der Waals surface area contributed by atoms with Crippen LogP contribution in [0.1, 0.15) is 36.3 Å². The summed E-state index contributed by atoms with van der Waals surface area (Å²) < 4.78 is 88.2. The molecule has 10 nitrogen and oxygen atoms in total. The molecule has 266 valence electrons. The Balaban J connectivity index is 1.22. The number of rotatable bonds is 8. The second-order valence-electron chi connectivity index (χ2n) is 12.8. The van der Waals surface area contributed by atoms with E-state index in [1.807, 2.05) is 7.05 Å². The van der Waals surface area contributed by atoms with Crippen LogP contribution >= 0.6 is 0 Å². The van der Waals surface area contributed by atoms with Crippen LogP contribution in [0.5, 0.6) is 0 Å². The van der Waals surface area contributed by atoms with Crippen molar-refractivity contribution in [2.75, 3.05) is 54.8 Å². The number of carbonyl (C=O) groups excluding carboxylic acids is 1. The van der Waals surface area contributed by atoms with Gasteiger partial charge in [-0.3, -0.25) is 13.9 Å². The van der Waals surface area contributed by atoms with Gasteiger partial charge in [0.05, 0.1) is 45.6 Å². The SMILES string of the molecule is CN1CCN(c2cc(S(=O)(=O)N(C)c3ccc([C@H]4CCC[C@@H](C(=O)Nc5ccc(C(F)(F)F)cc5F)[C@@H]4C(=O)O)cc3)cc3ccoc23)CC1. The first-order valence-corrected chi connectivity index (χ1v) is 17.5.